The first-order chi connectivity index (χ1) is 8.06. The molecule has 4 nitrogen and oxygen atoms in total. The molecule has 0 aliphatic carbocycles. The number of β-amino-alcohol motifs (C(OH)–C–C–N with tert-alkyl or cyclic N) is 1. The maximum Gasteiger partial charge on any atom is 0.245 e. The average molecular weight is 234 g/mol. The minimum absolute atomic E-state index is 0.0155. The van der Waals surface area contributed by atoms with Crippen LogP contribution in [0.15, 0.2) is 30.3 Å². The van der Waals surface area contributed by atoms with Gasteiger partial charge in [-0.05, 0) is 19.4 Å². The van der Waals surface area contributed by atoms with E-state index in [0.29, 0.717) is 6.54 Å². The number of benzene rings is 1. The molecule has 92 valence electrons. The topological polar surface area (TPSA) is 52.6 Å². The van der Waals surface area contributed by atoms with Crippen LogP contribution in [0.3, 0.4) is 0 Å². The van der Waals surface area contributed by atoms with E-state index >= 15 is 0 Å². The van der Waals surface area contributed by atoms with Gasteiger partial charge in [-0.1, -0.05) is 30.3 Å². The Morgan fingerprint density at radius 2 is 2.00 bits per heavy atom. The largest absolute Gasteiger partial charge is 0.395 e. The molecule has 1 amide bonds. The molecule has 1 aliphatic heterocycles. The summed E-state index contributed by atoms with van der Waals surface area (Å²) in [4.78, 5) is 13.9. The van der Waals surface area contributed by atoms with E-state index in [1.54, 1.807) is 4.90 Å². The van der Waals surface area contributed by atoms with Gasteiger partial charge in [-0.25, -0.2) is 0 Å². The highest BCUT2D eigenvalue weighted by molar-refractivity contribution is 5.86. The molecule has 0 aromatic heterocycles. The number of hydrogen-bond donors (Lipinski definition) is 2. The predicted molar refractivity (Wildman–Crippen MR) is 65.2 cm³/mol. The third-order valence-corrected chi connectivity index (χ3v) is 3.14. The quantitative estimate of drug-likeness (QED) is 0.816. The standard InChI is InChI=1S/C13H18N2O2/c1-13(2)14-11(10-6-4-3-5-7-10)12(17)15(13)8-9-16/h3-7,11,14,16H,8-9H2,1-2H3/t11-/m1/s1. The molecule has 1 heterocycles. The highest BCUT2D eigenvalue weighted by Crippen LogP contribution is 2.29. The van der Waals surface area contributed by atoms with Crippen molar-refractivity contribution in [3.8, 4) is 0 Å². The third kappa shape index (κ3) is 2.18. The lowest BCUT2D eigenvalue weighted by atomic mass is 10.1. The summed E-state index contributed by atoms with van der Waals surface area (Å²) >= 11 is 0. The smallest absolute Gasteiger partial charge is 0.245 e. The summed E-state index contributed by atoms with van der Waals surface area (Å²) < 4.78 is 0. The molecule has 0 radical (unpaired) electrons. The molecule has 0 unspecified atom stereocenters. The van der Waals surface area contributed by atoms with Gasteiger partial charge in [0.1, 0.15) is 6.04 Å². The van der Waals surface area contributed by atoms with Crippen molar-refractivity contribution in [1.29, 1.82) is 0 Å². The number of carbonyl (C=O) groups excluding carboxylic acids is 1. The van der Waals surface area contributed by atoms with Gasteiger partial charge in [-0.2, -0.15) is 0 Å². The first-order valence-corrected chi connectivity index (χ1v) is 5.81. The monoisotopic (exact) mass is 234 g/mol. The maximum atomic E-state index is 12.3. The second-order valence-electron chi connectivity index (χ2n) is 4.76. The van der Waals surface area contributed by atoms with Crippen molar-refractivity contribution in [2.24, 2.45) is 0 Å². The zero-order chi connectivity index (χ0) is 12.5. The van der Waals surface area contributed by atoms with E-state index in [2.05, 4.69) is 5.32 Å². The van der Waals surface area contributed by atoms with Gasteiger partial charge in [0.05, 0.1) is 12.3 Å². The second-order valence-corrected chi connectivity index (χ2v) is 4.76. The number of aliphatic hydroxyl groups excluding tert-OH is 1. The number of aliphatic hydroxyl groups is 1. The summed E-state index contributed by atoms with van der Waals surface area (Å²) in [6.45, 7) is 4.24. The van der Waals surface area contributed by atoms with Crippen molar-refractivity contribution < 1.29 is 9.90 Å². The van der Waals surface area contributed by atoms with Crippen LogP contribution in [0.5, 0.6) is 0 Å². The number of carbonyl (C=O) groups is 1. The van der Waals surface area contributed by atoms with Crippen LogP contribution in [0.1, 0.15) is 25.5 Å². The Hall–Kier alpha value is -1.39. The van der Waals surface area contributed by atoms with Gasteiger partial charge in [-0.15, -0.1) is 0 Å². The van der Waals surface area contributed by atoms with Crippen molar-refractivity contribution in [3.05, 3.63) is 35.9 Å². The first-order valence-electron chi connectivity index (χ1n) is 5.81. The van der Waals surface area contributed by atoms with Crippen LogP contribution < -0.4 is 5.32 Å². The van der Waals surface area contributed by atoms with E-state index in [-0.39, 0.29) is 18.6 Å². The highest BCUT2D eigenvalue weighted by Gasteiger charge is 2.44. The lowest BCUT2D eigenvalue weighted by molar-refractivity contribution is -0.132. The van der Waals surface area contributed by atoms with Crippen LogP contribution in [-0.2, 0) is 4.79 Å². The fourth-order valence-corrected chi connectivity index (χ4v) is 2.29. The lowest BCUT2D eigenvalue weighted by Gasteiger charge is -2.30. The van der Waals surface area contributed by atoms with Crippen molar-refractivity contribution in [2.75, 3.05) is 13.2 Å². The fourth-order valence-electron chi connectivity index (χ4n) is 2.29. The Bertz CT molecular complexity index is 403. The lowest BCUT2D eigenvalue weighted by Crippen LogP contribution is -2.48. The van der Waals surface area contributed by atoms with Gasteiger partial charge in [-0.3, -0.25) is 10.1 Å². The molecule has 0 bridgehead atoms. The Morgan fingerprint density at radius 1 is 1.35 bits per heavy atom. The SMILES string of the molecule is CC1(C)N[C@H](c2ccccc2)C(=O)N1CCO. The van der Waals surface area contributed by atoms with Gasteiger partial charge in [0.25, 0.3) is 0 Å². The molecule has 0 spiro atoms. The zero-order valence-corrected chi connectivity index (χ0v) is 10.2. The van der Waals surface area contributed by atoms with E-state index in [0.717, 1.165) is 5.56 Å². The number of amides is 1. The molecule has 1 aromatic rings. The molecular weight excluding hydrogens is 216 g/mol. The molecule has 1 saturated heterocycles. The van der Waals surface area contributed by atoms with Crippen LogP contribution in [0.25, 0.3) is 0 Å². The summed E-state index contributed by atoms with van der Waals surface area (Å²) in [5.74, 6) is 0.0234. The highest BCUT2D eigenvalue weighted by atomic mass is 16.3. The summed E-state index contributed by atoms with van der Waals surface area (Å²) in [6.07, 6.45) is 0. The molecule has 4 heteroatoms. The van der Waals surface area contributed by atoms with Crippen LogP contribution >= 0.6 is 0 Å². The van der Waals surface area contributed by atoms with Crippen LogP contribution in [0.2, 0.25) is 0 Å². The molecule has 2 N–H and O–H groups in total. The fraction of sp³-hybridized carbons (Fsp3) is 0.462. The predicted octanol–water partition coefficient (Wildman–Crippen LogP) is 0.888. The normalized spacial score (nSPS) is 23.1. The molecule has 1 fully saturated rings. The Balaban J connectivity index is 2.26. The molecule has 1 aliphatic rings. The minimum Gasteiger partial charge on any atom is -0.395 e. The van der Waals surface area contributed by atoms with Crippen molar-refractivity contribution >= 4 is 5.91 Å². The van der Waals surface area contributed by atoms with Crippen molar-refractivity contribution in [3.63, 3.8) is 0 Å². The minimum atomic E-state index is -0.416. The summed E-state index contributed by atoms with van der Waals surface area (Å²) in [5.41, 5.74) is 0.548. The Morgan fingerprint density at radius 3 is 2.59 bits per heavy atom. The maximum absolute atomic E-state index is 12.3. The summed E-state index contributed by atoms with van der Waals surface area (Å²) in [7, 11) is 0. The molecule has 2 rings (SSSR count). The zero-order valence-electron chi connectivity index (χ0n) is 10.2. The number of nitrogens with zero attached hydrogens (tertiary/aromatic N) is 1. The molecule has 0 saturated carbocycles. The molecule has 1 aromatic carbocycles. The van der Waals surface area contributed by atoms with Crippen LogP contribution in [0.4, 0.5) is 0 Å². The van der Waals surface area contributed by atoms with Crippen molar-refractivity contribution in [2.45, 2.75) is 25.6 Å². The van der Waals surface area contributed by atoms with Gasteiger partial charge in [0.15, 0.2) is 0 Å². The Labute approximate surface area is 101 Å². The molecule has 17 heavy (non-hydrogen) atoms. The number of hydrogen-bond acceptors (Lipinski definition) is 3. The summed E-state index contributed by atoms with van der Waals surface area (Å²) in [6, 6.07) is 9.34. The number of nitrogens with one attached hydrogen (secondary N) is 1. The van der Waals surface area contributed by atoms with Gasteiger partial charge >= 0.3 is 0 Å². The first kappa shape index (κ1) is 12.1. The van der Waals surface area contributed by atoms with E-state index in [9.17, 15) is 4.79 Å². The average Bonchev–Trinajstić information content (AvgIpc) is 2.54. The molecule has 1 atom stereocenters. The van der Waals surface area contributed by atoms with E-state index in [1.807, 2.05) is 44.2 Å². The summed E-state index contributed by atoms with van der Waals surface area (Å²) in [5, 5.41) is 12.3. The Kier molecular flexibility index (Phi) is 3.17. The van der Waals surface area contributed by atoms with Gasteiger partial charge < -0.3 is 10.0 Å². The van der Waals surface area contributed by atoms with Gasteiger partial charge in [0.2, 0.25) is 5.91 Å². The van der Waals surface area contributed by atoms with E-state index in [1.165, 1.54) is 0 Å². The number of rotatable bonds is 3. The second kappa shape index (κ2) is 4.47. The van der Waals surface area contributed by atoms with Gasteiger partial charge in [0, 0.05) is 6.54 Å². The van der Waals surface area contributed by atoms with Crippen LogP contribution in [0, 0.1) is 0 Å². The van der Waals surface area contributed by atoms with E-state index in [4.69, 9.17) is 5.11 Å². The third-order valence-electron chi connectivity index (χ3n) is 3.14. The van der Waals surface area contributed by atoms with Crippen molar-refractivity contribution in [1.82, 2.24) is 10.2 Å². The molecular formula is C13H18N2O2. The van der Waals surface area contributed by atoms with E-state index < -0.39 is 5.66 Å². The van der Waals surface area contributed by atoms with Crippen LogP contribution in [-0.4, -0.2) is 34.7 Å².